The minimum Gasteiger partial charge on any atom is -0.465 e. The molecular formula is C12H18ClNO3S. The molecule has 0 radical (unpaired) electrons. The van der Waals surface area contributed by atoms with E-state index in [4.69, 9.17) is 11.6 Å². The minimum atomic E-state index is -1.32. The van der Waals surface area contributed by atoms with Gasteiger partial charge in [-0.25, -0.2) is 13.3 Å². The number of ether oxygens (including phenoxy) is 1. The Morgan fingerprint density at radius 2 is 1.89 bits per heavy atom. The summed E-state index contributed by atoms with van der Waals surface area (Å²) in [6.45, 7) is 4.00. The lowest BCUT2D eigenvalue weighted by Crippen LogP contribution is -2.15. The highest BCUT2D eigenvalue weighted by Gasteiger charge is 2.14. The number of nitrogens with zero attached hydrogens (tertiary/aromatic N) is 1. The highest BCUT2D eigenvalue weighted by molar-refractivity contribution is 7.82. The van der Waals surface area contributed by atoms with Crippen molar-refractivity contribution in [2.75, 3.05) is 21.2 Å². The van der Waals surface area contributed by atoms with Crippen LogP contribution in [0.25, 0.3) is 0 Å². The van der Waals surface area contributed by atoms with E-state index in [1.54, 1.807) is 20.2 Å². The van der Waals surface area contributed by atoms with Gasteiger partial charge in [0.2, 0.25) is 0 Å². The quantitative estimate of drug-likeness (QED) is 0.805. The molecule has 0 aliphatic rings. The van der Waals surface area contributed by atoms with Crippen LogP contribution in [0.4, 0.5) is 0 Å². The molecule has 0 fully saturated rings. The molecule has 1 rings (SSSR count). The van der Waals surface area contributed by atoms with Crippen molar-refractivity contribution in [1.29, 1.82) is 0 Å². The summed E-state index contributed by atoms with van der Waals surface area (Å²) in [5, 5.41) is 0.287. The summed E-state index contributed by atoms with van der Waals surface area (Å²) >= 11 is 5.94. The van der Waals surface area contributed by atoms with E-state index in [1.165, 1.54) is 23.5 Å². The molecule has 0 amide bonds. The molecule has 1 aromatic rings. The summed E-state index contributed by atoms with van der Waals surface area (Å²) in [4.78, 5) is 11.7. The van der Waals surface area contributed by atoms with Crippen LogP contribution in [0.3, 0.4) is 0 Å². The molecule has 6 heteroatoms. The molecule has 0 aromatic heterocycles. The lowest BCUT2D eigenvalue weighted by molar-refractivity contribution is 0.0600. The number of benzene rings is 1. The van der Waals surface area contributed by atoms with Crippen LogP contribution in [0.15, 0.2) is 23.1 Å². The molecule has 4 nitrogen and oxygen atoms in total. The number of rotatable bonds is 3. The van der Waals surface area contributed by atoms with E-state index in [9.17, 15) is 9.00 Å². The van der Waals surface area contributed by atoms with Gasteiger partial charge in [0.05, 0.1) is 22.6 Å². The highest BCUT2D eigenvalue weighted by Crippen LogP contribution is 2.22. The van der Waals surface area contributed by atoms with Gasteiger partial charge in [-0.05, 0) is 32.3 Å². The van der Waals surface area contributed by atoms with E-state index in [0.29, 0.717) is 10.5 Å². The maximum absolute atomic E-state index is 11.8. The van der Waals surface area contributed by atoms with Gasteiger partial charge in [-0.2, -0.15) is 0 Å². The maximum Gasteiger partial charge on any atom is 0.337 e. The molecule has 102 valence electrons. The number of carbonyl (C=O) groups is 1. The molecular weight excluding hydrogens is 274 g/mol. The first-order valence-corrected chi connectivity index (χ1v) is 6.93. The number of hydrogen-bond donors (Lipinski definition) is 0. The van der Waals surface area contributed by atoms with E-state index >= 15 is 0 Å². The van der Waals surface area contributed by atoms with E-state index < -0.39 is 17.0 Å². The third-order valence-electron chi connectivity index (χ3n) is 1.87. The Hall–Kier alpha value is -0.910. The van der Waals surface area contributed by atoms with Gasteiger partial charge in [-0.15, -0.1) is 0 Å². The van der Waals surface area contributed by atoms with Crippen molar-refractivity contribution in [3.8, 4) is 0 Å². The highest BCUT2D eigenvalue weighted by atomic mass is 35.5. The van der Waals surface area contributed by atoms with Gasteiger partial charge in [0, 0.05) is 0 Å². The van der Waals surface area contributed by atoms with E-state index in [1.807, 2.05) is 13.8 Å². The predicted molar refractivity (Wildman–Crippen MR) is 74.2 cm³/mol. The van der Waals surface area contributed by atoms with Crippen molar-refractivity contribution < 1.29 is 13.7 Å². The Balaban J connectivity index is 0.00000137. The van der Waals surface area contributed by atoms with Crippen LogP contribution in [0.2, 0.25) is 5.02 Å². The fraction of sp³-hybridized carbons (Fsp3) is 0.417. The standard InChI is InChI=1S/C10H12ClNO3S.C2H6/c1-12(2)16(14)9-5-4-7(6-8(9)11)10(13)15-3;1-2/h4-6H,1-3H3;1-2H3. The van der Waals surface area contributed by atoms with E-state index in [2.05, 4.69) is 4.74 Å². The lowest BCUT2D eigenvalue weighted by Gasteiger charge is -2.11. The van der Waals surface area contributed by atoms with Crippen LogP contribution in [0, 0.1) is 0 Å². The first kappa shape index (κ1) is 17.1. The zero-order valence-corrected chi connectivity index (χ0v) is 12.8. The summed E-state index contributed by atoms with van der Waals surface area (Å²) in [5.41, 5.74) is 0.340. The third-order valence-corrected chi connectivity index (χ3v) is 3.69. The molecule has 0 N–H and O–H groups in total. The monoisotopic (exact) mass is 291 g/mol. The van der Waals surface area contributed by atoms with Crippen LogP contribution in [-0.4, -0.2) is 35.7 Å². The van der Waals surface area contributed by atoms with Crippen molar-refractivity contribution >= 4 is 28.6 Å². The SMILES string of the molecule is CC.COC(=O)c1ccc(S(=O)N(C)C)c(Cl)c1. The molecule has 18 heavy (non-hydrogen) atoms. The van der Waals surface area contributed by atoms with Crippen molar-refractivity contribution in [2.45, 2.75) is 18.7 Å². The second-order valence-electron chi connectivity index (χ2n) is 3.20. The summed E-state index contributed by atoms with van der Waals surface area (Å²) in [6, 6.07) is 4.54. The summed E-state index contributed by atoms with van der Waals surface area (Å²) < 4.78 is 17.8. The van der Waals surface area contributed by atoms with Crippen LogP contribution in [0.1, 0.15) is 24.2 Å². The normalized spacial score (nSPS) is 11.5. The second kappa shape index (κ2) is 8.24. The summed E-state index contributed by atoms with van der Waals surface area (Å²) in [5.74, 6) is -0.468. The molecule has 0 saturated carbocycles. The van der Waals surface area contributed by atoms with Crippen LogP contribution in [-0.2, 0) is 15.7 Å². The minimum absolute atomic E-state index is 0.287. The number of esters is 1. The second-order valence-corrected chi connectivity index (χ2v) is 5.27. The molecule has 1 unspecified atom stereocenters. The van der Waals surface area contributed by atoms with Gasteiger partial charge in [0.25, 0.3) is 0 Å². The summed E-state index contributed by atoms with van der Waals surface area (Å²) in [6.07, 6.45) is 0. The topological polar surface area (TPSA) is 46.6 Å². The van der Waals surface area contributed by atoms with Crippen molar-refractivity contribution in [3.63, 3.8) is 0 Å². The number of hydrogen-bond acceptors (Lipinski definition) is 3. The van der Waals surface area contributed by atoms with Crippen LogP contribution < -0.4 is 0 Å². The Morgan fingerprint density at radius 3 is 2.28 bits per heavy atom. The van der Waals surface area contributed by atoms with Gasteiger partial charge >= 0.3 is 5.97 Å². The average molecular weight is 292 g/mol. The molecule has 1 atom stereocenters. The van der Waals surface area contributed by atoms with Crippen molar-refractivity contribution in [2.24, 2.45) is 0 Å². The van der Waals surface area contributed by atoms with Crippen LogP contribution in [0.5, 0.6) is 0 Å². The molecule has 0 spiro atoms. The van der Waals surface area contributed by atoms with Crippen molar-refractivity contribution in [1.82, 2.24) is 4.31 Å². The molecule has 0 bridgehead atoms. The molecule has 0 heterocycles. The Morgan fingerprint density at radius 1 is 1.33 bits per heavy atom. The number of methoxy groups -OCH3 is 1. The average Bonchev–Trinajstić information content (AvgIpc) is 2.39. The largest absolute Gasteiger partial charge is 0.465 e. The zero-order chi connectivity index (χ0) is 14.3. The van der Waals surface area contributed by atoms with E-state index in [-0.39, 0.29) is 5.02 Å². The summed E-state index contributed by atoms with van der Waals surface area (Å²) in [7, 11) is 3.34. The van der Waals surface area contributed by atoms with Crippen molar-refractivity contribution in [3.05, 3.63) is 28.8 Å². The first-order chi connectivity index (χ1) is 8.47. The Labute approximate surface area is 115 Å². The van der Waals surface area contributed by atoms with Gasteiger partial charge in [-0.1, -0.05) is 25.4 Å². The third kappa shape index (κ3) is 4.40. The van der Waals surface area contributed by atoms with Crippen LogP contribution >= 0.6 is 11.6 Å². The van der Waals surface area contributed by atoms with Gasteiger partial charge in [-0.3, -0.25) is 0 Å². The molecule has 0 aliphatic carbocycles. The fourth-order valence-corrected chi connectivity index (χ4v) is 2.27. The zero-order valence-electron chi connectivity index (χ0n) is 11.2. The Kier molecular flexibility index (Phi) is 7.82. The molecule has 0 saturated heterocycles. The smallest absolute Gasteiger partial charge is 0.337 e. The molecule has 1 aromatic carbocycles. The number of carbonyl (C=O) groups excluding carboxylic acids is 1. The first-order valence-electron chi connectivity index (χ1n) is 5.44. The number of halogens is 1. The van der Waals surface area contributed by atoms with E-state index in [0.717, 1.165) is 0 Å². The molecule has 0 aliphatic heterocycles. The Bertz CT molecular complexity index is 435. The fourth-order valence-electron chi connectivity index (χ4n) is 1.08. The maximum atomic E-state index is 11.8. The van der Waals surface area contributed by atoms with Gasteiger partial charge in [0.15, 0.2) is 0 Å². The van der Waals surface area contributed by atoms with Gasteiger partial charge in [0.1, 0.15) is 11.0 Å². The lowest BCUT2D eigenvalue weighted by atomic mass is 10.2. The van der Waals surface area contributed by atoms with Gasteiger partial charge < -0.3 is 4.74 Å². The predicted octanol–water partition coefficient (Wildman–Crippen LogP) is 2.74.